The summed E-state index contributed by atoms with van der Waals surface area (Å²) in [5.41, 5.74) is 9.52. The van der Waals surface area contributed by atoms with Gasteiger partial charge in [0.15, 0.2) is 0 Å². The molecule has 1 aliphatic carbocycles. The second-order valence-corrected chi connectivity index (χ2v) is 3.79. The summed E-state index contributed by atoms with van der Waals surface area (Å²) in [7, 11) is 0. The maximum atomic E-state index is 5.97. The van der Waals surface area contributed by atoms with Crippen LogP contribution in [0, 0.1) is 0 Å². The Morgan fingerprint density at radius 2 is 2.33 bits per heavy atom. The van der Waals surface area contributed by atoms with E-state index in [1.807, 2.05) is 6.07 Å². The average Bonchev–Trinajstić information content (AvgIpc) is 2.88. The third-order valence-corrected chi connectivity index (χ3v) is 2.87. The summed E-state index contributed by atoms with van der Waals surface area (Å²) in [5.74, 6) is 0.637. The fourth-order valence-electron chi connectivity index (χ4n) is 2.07. The highest BCUT2D eigenvalue weighted by molar-refractivity contribution is 5.57. The van der Waals surface area contributed by atoms with Crippen molar-refractivity contribution in [3.05, 3.63) is 29.3 Å². The fraction of sp³-hybridized carbons (Fsp3) is 0.300. The van der Waals surface area contributed by atoms with Crippen LogP contribution in [0.4, 0.5) is 0 Å². The monoisotopic (exact) mass is 201 g/mol. The van der Waals surface area contributed by atoms with Crippen molar-refractivity contribution in [2.45, 2.75) is 18.9 Å². The van der Waals surface area contributed by atoms with Crippen LogP contribution >= 0.6 is 0 Å². The Labute approximate surface area is 86.7 Å². The van der Waals surface area contributed by atoms with Crippen LogP contribution in [-0.4, -0.2) is 20.6 Å². The van der Waals surface area contributed by atoms with Gasteiger partial charge < -0.3 is 5.73 Å². The molecule has 1 atom stereocenters. The van der Waals surface area contributed by atoms with E-state index in [9.17, 15) is 0 Å². The highest BCUT2D eigenvalue weighted by Gasteiger charge is 2.19. The first kappa shape index (κ1) is 8.55. The number of benzene rings is 1. The zero-order valence-corrected chi connectivity index (χ0v) is 8.14. The minimum atomic E-state index is 0.194. The van der Waals surface area contributed by atoms with Gasteiger partial charge in [-0.2, -0.15) is 5.21 Å². The summed E-state index contributed by atoms with van der Waals surface area (Å²) in [6.45, 7) is 0. The third kappa shape index (κ3) is 1.32. The number of aromatic amines is 1. The SMILES string of the molecule is NC1CCc2cc(-c3nn[nH]n3)ccc21. The third-order valence-electron chi connectivity index (χ3n) is 2.87. The van der Waals surface area contributed by atoms with Gasteiger partial charge in [0.25, 0.3) is 0 Å². The molecule has 0 saturated carbocycles. The molecule has 0 spiro atoms. The Morgan fingerprint density at radius 1 is 1.40 bits per heavy atom. The van der Waals surface area contributed by atoms with Crippen molar-refractivity contribution in [3.8, 4) is 11.4 Å². The Morgan fingerprint density at radius 3 is 3.13 bits per heavy atom. The summed E-state index contributed by atoms with van der Waals surface area (Å²) in [6, 6.07) is 6.36. The molecule has 3 N–H and O–H groups in total. The van der Waals surface area contributed by atoms with Crippen LogP contribution in [-0.2, 0) is 6.42 Å². The first-order valence-electron chi connectivity index (χ1n) is 4.97. The lowest BCUT2D eigenvalue weighted by atomic mass is 10.0. The lowest BCUT2D eigenvalue weighted by Gasteiger charge is -2.04. The van der Waals surface area contributed by atoms with Gasteiger partial charge in [0.2, 0.25) is 5.82 Å². The maximum Gasteiger partial charge on any atom is 0.204 e. The van der Waals surface area contributed by atoms with Crippen molar-refractivity contribution in [2.75, 3.05) is 0 Å². The number of hydrogen-bond donors (Lipinski definition) is 2. The molecule has 0 amide bonds. The Hall–Kier alpha value is -1.75. The molecular formula is C10H11N5. The number of tetrazole rings is 1. The molecule has 5 heteroatoms. The molecule has 0 radical (unpaired) electrons. The van der Waals surface area contributed by atoms with E-state index < -0.39 is 0 Å². The van der Waals surface area contributed by atoms with E-state index in [1.165, 1.54) is 11.1 Å². The van der Waals surface area contributed by atoms with Gasteiger partial charge in [-0.15, -0.1) is 10.2 Å². The Balaban J connectivity index is 2.07. The number of rotatable bonds is 1. The molecule has 5 nitrogen and oxygen atoms in total. The number of aryl methyl sites for hydroxylation is 1. The predicted octanol–water partition coefficient (Wildman–Crippen LogP) is 0.813. The molecule has 2 aromatic rings. The lowest BCUT2D eigenvalue weighted by Crippen LogP contribution is -2.04. The zero-order valence-electron chi connectivity index (χ0n) is 8.14. The number of hydrogen-bond acceptors (Lipinski definition) is 4. The second-order valence-electron chi connectivity index (χ2n) is 3.79. The molecule has 3 rings (SSSR count). The highest BCUT2D eigenvalue weighted by Crippen LogP contribution is 2.31. The van der Waals surface area contributed by atoms with Gasteiger partial charge in [-0.25, -0.2) is 0 Å². The fourth-order valence-corrected chi connectivity index (χ4v) is 2.07. The van der Waals surface area contributed by atoms with E-state index >= 15 is 0 Å². The van der Waals surface area contributed by atoms with Gasteiger partial charge in [-0.05, 0) is 35.2 Å². The molecule has 15 heavy (non-hydrogen) atoms. The van der Waals surface area contributed by atoms with E-state index in [4.69, 9.17) is 5.73 Å². The summed E-state index contributed by atoms with van der Waals surface area (Å²) in [5, 5.41) is 13.9. The van der Waals surface area contributed by atoms with E-state index in [0.717, 1.165) is 18.4 Å². The van der Waals surface area contributed by atoms with Crippen molar-refractivity contribution < 1.29 is 0 Å². The van der Waals surface area contributed by atoms with E-state index in [1.54, 1.807) is 0 Å². The largest absolute Gasteiger partial charge is 0.324 e. The number of nitrogens with zero attached hydrogens (tertiary/aromatic N) is 3. The Kier molecular flexibility index (Phi) is 1.78. The van der Waals surface area contributed by atoms with Crippen LogP contribution in [0.1, 0.15) is 23.6 Å². The highest BCUT2D eigenvalue weighted by atomic mass is 15.5. The molecule has 1 aromatic heterocycles. The summed E-state index contributed by atoms with van der Waals surface area (Å²) in [6.07, 6.45) is 2.08. The predicted molar refractivity (Wildman–Crippen MR) is 54.9 cm³/mol. The van der Waals surface area contributed by atoms with Gasteiger partial charge >= 0.3 is 0 Å². The molecule has 0 aliphatic heterocycles. The van der Waals surface area contributed by atoms with Crippen molar-refractivity contribution >= 4 is 0 Å². The number of aromatic nitrogens is 4. The second kappa shape index (κ2) is 3.13. The minimum absolute atomic E-state index is 0.194. The van der Waals surface area contributed by atoms with E-state index in [2.05, 4.69) is 32.8 Å². The van der Waals surface area contributed by atoms with Gasteiger partial charge in [0, 0.05) is 11.6 Å². The van der Waals surface area contributed by atoms with Gasteiger partial charge in [0.1, 0.15) is 0 Å². The molecule has 1 aliphatic rings. The quantitative estimate of drug-likeness (QED) is 0.715. The first-order chi connectivity index (χ1) is 7.34. The van der Waals surface area contributed by atoms with Crippen LogP contribution in [0.2, 0.25) is 0 Å². The first-order valence-corrected chi connectivity index (χ1v) is 4.97. The molecule has 0 saturated heterocycles. The van der Waals surface area contributed by atoms with Crippen molar-refractivity contribution in [1.29, 1.82) is 0 Å². The molecule has 1 unspecified atom stereocenters. The average molecular weight is 201 g/mol. The van der Waals surface area contributed by atoms with Crippen LogP contribution in [0.3, 0.4) is 0 Å². The molecule has 1 heterocycles. The lowest BCUT2D eigenvalue weighted by molar-refractivity contribution is 0.713. The smallest absolute Gasteiger partial charge is 0.204 e. The number of nitrogens with two attached hydrogens (primary N) is 1. The van der Waals surface area contributed by atoms with Gasteiger partial charge in [-0.1, -0.05) is 12.1 Å². The van der Waals surface area contributed by atoms with E-state index in [-0.39, 0.29) is 6.04 Å². The van der Waals surface area contributed by atoms with Crippen LogP contribution in [0.25, 0.3) is 11.4 Å². The topological polar surface area (TPSA) is 80.5 Å². The van der Waals surface area contributed by atoms with Crippen molar-refractivity contribution in [1.82, 2.24) is 20.6 Å². The molecule has 0 bridgehead atoms. The van der Waals surface area contributed by atoms with E-state index in [0.29, 0.717) is 5.82 Å². The number of H-pyrrole nitrogens is 1. The maximum absolute atomic E-state index is 5.97. The number of nitrogens with one attached hydrogen (secondary N) is 1. The normalized spacial score (nSPS) is 19.1. The summed E-state index contributed by atoms with van der Waals surface area (Å²) in [4.78, 5) is 0. The van der Waals surface area contributed by atoms with Crippen molar-refractivity contribution in [3.63, 3.8) is 0 Å². The molecular weight excluding hydrogens is 190 g/mol. The molecule has 76 valence electrons. The number of fused-ring (bicyclic) bond motifs is 1. The van der Waals surface area contributed by atoms with Gasteiger partial charge in [-0.3, -0.25) is 0 Å². The summed E-state index contributed by atoms with van der Waals surface area (Å²) < 4.78 is 0. The van der Waals surface area contributed by atoms with Crippen LogP contribution in [0.5, 0.6) is 0 Å². The Bertz CT molecular complexity index is 477. The minimum Gasteiger partial charge on any atom is -0.324 e. The zero-order chi connectivity index (χ0) is 10.3. The van der Waals surface area contributed by atoms with Crippen LogP contribution in [0.15, 0.2) is 18.2 Å². The van der Waals surface area contributed by atoms with Crippen LogP contribution < -0.4 is 5.73 Å². The summed E-state index contributed by atoms with van der Waals surface area (Å²) >= 11 is 0. The molecule has 0 fully saturated rings. The van der Waals surface area contributed by atoms with Gasteiger partial charge in [0.05, 0.1) is 0 Å². The standard InChI is InChI=1S/C10H11N5/c11-9-4-2-6-5-7(1-3-8(6)9)10-12-14-15-13-10/h1,3,5,9H,2,4,11H2,(H,12,13,14,15). The molecule has 1 aromatic carbocycles. The van der Waals surface area contributed by atoms with Crippen molar-refractivity contribution in [2.24, 2.45) is 5.73 Å².